The Hall–Kier alpha value is -3.32. The van der Waals surface area contributed by atoms with E-state index < -0.39 is 0 Å². The van der Waals surface area contributed by atoms with E-state index in [0.717, 1.165) is 5.56 Å². The maximum absolute atomic E-state index is 12.6. The molecule has 0 aliphatic heterocycles. The Morgan fingerprint density at radius 2 is 1.79 bits per heavy atom. The molecule has 0 radical (unpaired) electrons. The molecule has 0 saturated carbocycles. The smallest absolute Gasteiger partial charge is 0.274 e. The van der Waals surface area contributed by atoms with Gasteiger partial charge in [-0.15, -0.1) is 0 Å². The average Bonchev–Trinajstić information content (AvgIpc) is 2.70. The fraction of sp³-hybridized carbons (Fsp3) is 0.150. The molecule has 1 amide bonds. The third-order valence-corrected chi connectivity index (χ3v) is 4.24. The monoisotopic (exact) mass is 398 g/mol. The highest BCUT2D eigenvalue weighted by atomic mass is 35.5. The van der Waals surface area contributed by atoms with Crippen LogP contribution < -0.4 is 20.1 Å². The summed E-state index contributed by atoms with van der Waals surface area (Å²) in [5, 5.41) is 6.56. The molecule has 3 rings (SSSR count). The average molecular weight is 399 g/mol. The van der Waals surface area contributed by atoms with Gasteiger partial charge in [-0.1, -0.05) is 11.6 Å². The highest BCUT2D eigenvalue weighted by molar-refractivity contribution is 6.30. The van der Waals surface area contributed by atoms with Crippen LogP contribution in [0.15, 0.2) is 48.8 Å². The van der Waals surface area contributed by atoms with E-state index in [9.17, 15) is 4.79 Å². The number of hydrogen-bond donors (Lipinski definition) is 2. The first kappa shape index (κ1) is 19.4. The molecule has 0 spiro atoms. The number of carbonyl (C=O) groups excluding carboxylic acids is 1. The predicted octanol–water partition coefficient (Wildman–Crippen LogP) is 4.45. The van der Waals surface area contributed by atoms with Crippen molar-refractivity contribution >= 4 is 34.7 Å². The number of ether oxygens (including phenoxy) is 2. The first-order chi connectivity index (χ1) is 13.5. The summed E-state index contributed by atoms with van der Waals surface area (Å²) < 4.78 is 10.6. The molecular formula is C20H19ClN4O3. The summed E-state index contributed by atoms with van der Waals surface area (Å²) in [5.74, 6) is 1.36. The van der Waals surface area contributed by atoms with E-state index in [1.165, 1.54) is 6.33 Å². The van der Waals surface area contributed by atoms with Crippen molar-refractivity contribution in [2.24, 2.45) is 0 Å². The molecule has 8 heteroatoms. The van der Waals surface area contributed by atoms with Gasteiger partial charge in [0.1, 0.15) is 29.3 Å². The Labute approximate surface area is 167 Å². The first-order valence-electron chi connectivity index (χ1n) is 8.38. The van der Waals surface area contributed by atoms with Crippen LogP contribution in [-0.4, -0.2) is 30.1 Å². The van der Waals surface area contributed by atoms with Gasteiger partial charge < -0.3 is 20.1 Å². The third kappa shape index (κ3) is 4.50. The Balaban J connectivity index is 1.79. The number of amides is 1. The van der Waals surface area contributed by atoms with Crippen LogP contribution in [0.5, 0.6) is 11.5 Å². The van der Waals surface area contributed by atoms with Crippen molar-refractivity contribution in [1.82, 2.24) is 9.97 Å². The Morgan fingerprint density at radius 3 is 2.50 bits per heavy atom. The number of aromatic nitrogens is 2. The van der Waals surface area contributed by atoms with E-state index in [0.29, 0.717) is 33.7 Å². The summed E-state index contributed by atoms with van der Waals surface area (Å²) in [5.41, 5.74) is 2.43. The minimum atomic E-state index is -0.349. The molecule has 1 heterocycles. The van der Waals surface area contributed by atoms with Gasteiger partial charge in [0.25, 0.3) is 5.91 Å². The van der Waals surface area contributed by atoms with Crippen molar-refractivity contribution in [3.05, 3.63) is 65.1 Å². The lowest BCUT2D eigenvalue weighted by Gasteiger charge is -2.12. The van der Waals surface area contributed by atoms with E-state index in [1.54, 1.807) is 56.7 Å². The summed E-state index contributed by atoms with van der Waals surface area (Å²) in [6, 6.07) is 12.1. The lowest BCUT2D eigenvalue weighted by Crippen LogP contribution is -2.15. The normalized spacial score (nSPS) is 10.3. The molecule has 0 atom stereocenters. The van der Waals surface area contributed by atoms with E-state index in [1.807, 2.05) is 6.92 Å². The molecule has 7 nitrogen and oxygen atoms in total. The highest BCUT2D eigenvalue weighted by Gasteiger charge is 2.12. The number of nitrogens with zero attached hydrogens (tertiary/aromatic N) is 2. The summed E-state index contributed by atoms with van der Waals surface area (Å²) in [6.07, 6.45) is 1.32. The molecule has 2 N–H and O–H groups in total. The fourth-order valence-electron chi connectivity index (χ4n) is 2.54. The summed E-state index contributed by atoms with van der Waals surface area (Å²) in [6.45, 7) is 1.87. The first-order valence-corrected chi connectivity index (χ1v) is 8.76. The van der Waals surface area contributed by atoms with Crippen LogP contribution in [0.2, 0.25) is 5.02 Å². The lowest BCUT2D eigenvalue weighted by atomic mass is 10.2. The largest absolute Gasteiger partial charge is 0.497 e. The van der Waals surface area contributed by atoms with Crippen LogP contribution in [-0.2, 0) is 0 Å². The predicted molar refractivity (Wildman–Crippen MR) is 109 cm³/mol. The van der Waals surface area contributed by atoms with Crippen molar-refractivity contribution in [3.8, 4) is 11.5 Å². The van der Waals surface area contributed by atoms with Crippen molar-refractivity contribution in [1.29, 1.82) is 0 Å². The molecular weight excluding hydrogens is 380 g/mol. The molecule has 0 saturated heterocycles. The van der Waals surface area contributed by atoms with Gasteiger partial charge in [0.05, 0.1) is 19.9 Å². The number of benzene rings is 2. The number of rotatable bonds is 6. The maximum Gasteiger partial charge on any atom is 0.274 e. The molecule has 0 aliphatic rings. The maximum atomic E-state index is 12.6. The number of halogens is 1. The minimum absolute atomic E-state index is 0.222. The quantitative estimate of drug-likeness (QED) is 0.638. The fourth-order valence-corrected chi connectivity index (χ4v) is 2.77. The Kier molecular flexibility index (Phi) is 5.96. The molecule has 3 aromatic rings. The van der Waals surface area contributed by atoms with Gasteiger partial charge in [0.2, 0.25) is 0 Å². The number of methoxy groups -OCH3 is 2. The van der Waals surface area contributed by atoms with Crippen molar-refractivity contribution in [2.75, 3.05) is 24.9 Å². The zero-order valence-electron chi connectivity index (χ0n) is 15.6. The number of nitrogens with one attached hydrogen (secondary N) is 2. The molecule has 0 aliphatic carbocycles. The Morgan fingerprint density at radius 1 is 1.00 bits per heavy atom. The number of anilines is 3. The molecule has 0 bridgehead atoms. The van der Waals surface area contributed by atoms with Gasteiger partial charge in [0.15, 0.2) is 0 Å². The molecule has 0 unspecified atom stereocenters. The number of hydrogen-bond acceptors (Lipinski definition) is 6. The third-order valence-electron chi connectivity index (χ3n) is 4.01. The van der Waals surface area contributed by atoms with Gasteiger partial charge in [-0.25, -0.2) is 9.97 Å². The number of carbonyl (C=O) groups is 1. The molecule has 1 aromatic heterocycles. The second-order valence-electron chi connectivity index (χ2n) is 5.89. The zero-order chi connectivity index (χ0) is 20.1. The minimum Gasteiger partial charge on any atom is -0.497 e. The summed E-state index contributed by atoms with van der Waals surface area (Å²) >= 11 is 5.95. The van der Waals surface area contributed by atoms with Crippen LogP contribution in [0.1, 0.15) is 16.1 Å². The second kappa shape index (κ2) is 8.58. The van der Waals surface area contributed by atoms with Gasteiger partial charge in [-0.2, -0.15) is 0 Å². The zero-order valence-corrected chi connectivity index (χ0v) is 16.4. The van der Waals surface area contributed by atoms with Crippen molar-refractivity contribution in [3.63, 3.8) is 0 Å². The second-order valence-corrected chi connectivity index (χ2v) is 6.33. The van der Waals surface area contributed by atoms with E-state index in [-0.39, 0.29) is 11.6 Å². The molecule has 28 heavy (non-hydrogen) atoms. The number of aryl methyl sites for hydroxylation is 1. The van der Waals surface area contributed by atoms with Crippen molar-refractivity contribution < 1.29 is 14.3 Å². The van der Waals surface area contributed by atoms with E-state index in [2.05, 4.69) is 20.6 Å². The SMILES string of the molecule is COc1ccc(Nc2cc(C(=O)Nc3ccc(Cl)cc3C)ncn2)c(OC)c1. The van der Waals surface area contributed by atoms with E-state index >= 15 is 0 Å². The highest BCUT2D eigenvalue weighted by Crippen LogP contribution is 2.31. The van der Waals surface area contributed by atoms with Crippen molar-refractivity contribution in [2.45, 2.75) is 6.92 Å². The topological polar surface area (TPSA) is 85.4 Å². The van der Waals surface area contributed by atoms with Gasteiger partial charge in [-0.3, -0.25) is 4.79 Å². The van der Waals surface area contributed by atoms with Gasteiger partial charge in [0, 0.05) is 22.8 Å². The van der Waals surface area contributed by atoms with Gasteiger partial charge in [-0.05, 0) is 42.8 Å². The van der Waals surface area contributed by atoms with Crippen LogP contribution >= 0.6 is 11.6 Å². The van der Waals surface area contributed by atoms with Gasteiger partial charge >= 0.3 is 0 Å². The van der Waals surface area contributed by atoms with Crippen LogP contribution in [0.25, 0.3) is 0 Å². The van der Waals surface area contributed by atoms with Crippen LogP contribution in [0.4, 0.5) is 17.2 Å². The molecule has 0 fully saturated rings. The molecule has 144 valence electrons. The lowest BCUT2D eigenvalue weighted by molar-refractivity contribution is 0.102. The summed E-state index contributed by atoms with van der Waals surface area (Å²) in [4.78, 5) is 20.8. The van der Waals surface area contributed by atoms with E-state index in [4.69, 9.17) is 21.1 Å². The summed E-state index contributed by atoms with van der Waals surface area (Å²) in [7, 11) is 3.15. The Bertz CT molecular complexity index is 1010. The molecule has 2 aromatic carbocycles. The van der Waals surface area contributed by atoms with Crippen LogP contribution in [0, 0.1) is 6.92 Å². The standard InChI is InChI=1S/C20H19ClN4O3/c1-12-8-13(21)4-6-15(12)25-20(26)17-10-19(23-11-22-17)24-16-7-5-14(27-2)9-18(16)28-3/h4-11H,1-3H3,(H,25,26)(H,22,23,24). The van der Waals surface area contributed by atoms with Crippen LogP contribution in [0.3, 0.4) is 0 Å².